The van der Waals surface area contributed by atoms with Crippen molar-refractivity contribution in [1.82, 2.24) is 0 Å². The normalized spacial score (nSPS) is 36.2. The average molecular weight is 275 g/mol. The molecule has 2 fully saturated rings. The Hall–Kier alpha value is -0.860. The lowest BCUT2D eigenvalue weighted by Gasteiger charge is -2.46. The van der Waals surface area contributed by atoms with E-state index in [1.165, 1.54) is 44.1 Å². The summed E-state index contributed by atoms with van der Waals surface area (Å²) in [5.74, 6) is 0.880. The van der Waals surface area contributed by atoms with Gasteiger partial charge in [-0.2, -0.15) is 0 Å². The van der Waals surface area contributed by atoms with Crippen molar-refractivity contribution in [3.05, 3.63) is 35.9 Å². The Labute approximate surface area is 124 Å². The molecule has 112 valence electrons. The van der Waals surface area contributed by atoms with Crippen LogP contribution in [0.4, 0.5) is 0 Å². The monoisotopic (exact) mass is 275 g/mol. The van der Waals surface area contributed by atoms with Crippen molar-refractivity contribution < 1.29 is 6.16 Å². The van der Waals surface area contributed by atoms with Gasteiger partial charge in [0.15, 0.2) is 0 Å². The molecule has 3 unspecified atom stereocenters. The van der Waals surface area contributed by atoms with Gasteiger partial charge in [0.05, 0.1) is 13.3 Å². The van der Waals surface area contributed by atoms with E-state index in [1.54, 1.807) is 0 Å². The maximum atomic E-state index is 5.65. The molecule has 0 heterocycles. The van der Waals surface area contributed by atoms with Crippen LogP contribution in [0.1, 0.15) is 52.4 Å². The molecule has 2 heteroatoms. The van der Waals surface area contributed by atoms with Gasteiger partial charge in [-0.1, -0.05) is 37.3 Å². The number of nitrogens with two attached hydrogens (primary N) is 1. The predicted octanol–water partition coefficient (Wildman–Crippen LogP) is 4.09. The molecule has 2 nitrogen and oxygen atoms in total. The fraction of sp³-hybridized carbons (Fsp3) is 0.667. The quantitative estimate of drug-likeness (QED) is 0.821. The van der Waals surface area contributed by atoms with Crippen molar-refractivity contribution in [2.45, 2.75) is 50.9 Å². The Morgan fingerprint density at radius 1 is 1.30 bits per heavy atom. The zero-order valence-corrected chi connectivity index (χ0v) is 12.6. The molecule has 3 rings (SSSR count). The van der Waals surface area contributed by atoms with Crippen LogP contribution in [0, 0.1) is 11.3 Å². The van der Waals surface area contributed by atoms with Crippen LogP contribution in [0.3, 0.4) is 0 Å². The SMILES string of the molecule is CCC1(c2ccccc2)CC2CCC(COCN)(C2)C1.[HH]. The molecular formula is C18H29NO. The van der Waals surface area contributed by atoms with Gasteiger partial charge in [-0.05, 0) is 60.8 Å². The van der Waals surface area contributed by atoms with Gasteiger partial charge >= 0.3 is 0 Å². The molecule has 2 aliphatic rings. The van der Waals surface area contributed by atoms with E-state index >= 15 is 0 Å². The zero-order chi connectivity index (χ0) is 14.1. The van der Waals surface area contributed by atoms with E-state index in [1.807, 2.05) is 0 Å². The lowest BCUT2D eigenvalue weighted by molar-refractivity contribution is 0.00785. The van der Waals surface area contributed by atoms with E-state index in [0.717, 1.165) is 12.5 Å². The fourth-order valence-electron chi connectivity index (χ4n) is 4.95. The molecule has 0 radical (unpaired) electrons. The van der Waals surface area contributed by atoms with Gasteiger partial charge in [-0.25, -0.2) is 0 Å². The summed E-state index contributed by atoms with van der Waals surface area (Å²) in [4.78, 5) is 0. The number of benzene rings is 1. The summed E-state index contributed by atoms with van der Waals surface area (Å²) in [7, 11) is 0. The minimum absolute atomic E-state index is 0. The van der Waals surface area contributed by atoms with Crippen LogP contribution >= 0.6 is 0 Å². The van der Waals surface area contributed by atoms with Gasteiger partial charge in [0.25, 0.3) is 0 Å². The number of ether oxygens (including phenoxy) is 1. The van der Waals surface area contributed by atoms with Gasteiger partial charge in [0, 0.05) is 1.43 Å². The first-order valence-corrected chi connectivity index (χ1v) is 8.05. The Morgan fingerprint density at radius 3 is 2.80 bits per heavy atom. The molecule has 2 bridgehead atoms. The van der Waals surface area contributed by atoms with Gasteiger partial charge in [0.2, 0.25) is 0 Å². The third-order valence-electron chi connectivity index (χ3n) is 5.79. The van der Waals surface area contributed by atoms with E-state index in [2.05, 4.69) is 37.3 Å². The highest BCUT2D eigenvalue weighted by molar-refractivity contribution is 5.28. The number of hydrogen-bond donors (Lipinski definition) is 1. The van der Waals surface area contributed by atoms with Crippen molar-refractivity contribution in [3.63, 3.8) is 0 Å². The third kappa shape index (κ3) is 2.40. The fourth-order valence-corrected chi connectivity index (χ4v) is 4.95. The van der Waals surface area contributed by atoms with Crippen LogP contribution in [0.25, 0.3) is 0 Å². The lowest BCUT2D eigenvalue weighted by atomic mass is 9.59. The highest BCUT2D eigenvalue weighted by atomic mass is 16.5. The minimum atomic E-state index is 0. The van der Waals surface area contributed by atoms with Gasteiger partial charge in [0.1, 0.15) is 0 Å². The molecule has 0 saturated heterocycles. The summed E-state index contributed by atoms with van der Waals surface area (Å²) >= 11 is 0. The summed E-state index contributed by atoms with van der Waals surface area (Å²) in [5, 5.41) is 0. The molecule has 0 spiro atoms. The molecule has 2 saturated carbocycles. The Bertz CT molecular complexity index is 452. The first kappa shape index (κ1) is 14.1. The second-order valence-corrected chi connectivity index (χ2v) is 7.00. The summed E-state index contributed by atoms with van der Waals surface area (Å²) in [5.41, 5.74) is 7.84. The smallest absolute Gasteiger partial charge is 0.0940 e. The van der Waals surface area contributed by atoms with Crippen molar-refractivity contribution >= 4 is 0 Å². The van der Waals surface area contributed by atoms with Crippen LogP contribution < -0.4 is 5.73 Å². The van der Waals surface area contributed by atoms with Crippen LogP contribution in [-0.2, 0) is 10.2 Å². The van der Waals surface area contributed by atoms with Gasteiger partial charge in [-0.3, -0.25) is 0 Å². The largest absolute Gasteiger partial charge is 0.366 e. The number of rotatable bonds is 5. The van der Waals surface area contributed by atoms with E-state index < -0.39 is 0 Å². The first-order valence-electron chi connectivity index (χ1n) is 8.05. The van der Waals surface area contributed by atoms with Crippen LogP contribution in [0.15, 0.2) is 30.3 Å². The maximum Gasteiger partial charge on any atom is 0.0940 e. The van der Waals surface area contributed by atoms with E-state index in [9.17, 15) is 0 Å². The Morgan fingerprint density at radius 2 is 2.10 bits per heavy atom. The standard InChI is InChI=1S/C18H27NO.H2/c1-2-18(16-6-4-3-5-7-16)11-15-8-9-17(10-15,12-18)13-20-14-19;/h3-7,15H,2,8-14,19H2,1H3;1H. The Balaban J connectivity index is 0.00000161. The Kier molecular flexibility index (Phi) is 3.87. The summed E-state index contributed by atoms with van der Waals surface area (Å²) in [6, 6.07) is 11.1. The molecule has 1 aromatic carbocycles. The lowest BCUT2D eigenvalue weighted by Crippen LogP contribution is -2.41. The molecule has 1 aromatic rings. The topological polar surface area (TPSA) is 35.2 Å². The molecule has 2 N–H and O–H groups in total. The first-order chi connectivity index (χ1) is 9.72. The van der Waals surface area contributed by atoms with Crippen molar-refractivity contribution in [3.8, 4) is 0 Å². The number of fused-ring (bicyclic) bond motifs is 2. The summed E-state index contributed by atoms with van der Waals surface area (Å²) in [6.07, 6.45) is 7.92. The minimum Gasteiger partial charge on any atom is -0.366 e. The van der Waals surface area contributed by atoms with Crippen LogP contribution in [0.2, 0.25) is 0 Å². The average Bonchev–Trinajstić information content (AvgIpc) is 2.81. The molecule has 2 aliphatic carbocycles. The van der Waals surface area contributed by atoms with E-state index in [0.29, 0.717) is 17.6 Å². The van der Waals surface area contributed by atoms with Gasteiger partial charge in [-0.15, -0.1) is 0 Å². The zero-order valence-electron chi connectivity index (χ0n) is 12.6. The highest BCUT2D eigenvalue weighted by Crippen LogP contribution is 2.59. The number of hydrogen-bond acceptors (Lipinski definition) is 2. The van der Waals surface area contributed by atoms with E-state index in [-0.39, 0.29) is 1.43 Å². The van der Waals surface area contributed by atoms with E-state index in [4.69, 9.17) is 10.5 Å². The highest BCUT2D eigenvalue weighted by Gasteiger charge is 2.51. The summed E-state index contributed by atoms with van der Waals surface area (Å²) in [6.45, 7) is 3.57. The van der Waals surface area contributed by atoms with Gasteiger partial charge < -0.3 is 10.5 Å². The second-order valence-electron chi connectivity index (χ2n) is 7.00. The molecule has 3 atom stereocenters. The molecule has 0 aromatic heterocycles. The van der Waals surface area contributed by atoms with Crippen molar-refractivity contribution in [1.29, 1.82) is 0 Å². The second kappa shape index (κ2) is 5.50. The summed E-state index contributed by atoms with van der Waals surface area (Å²) < 4.78 is 5.65. The molecule has 0 amide bonds. The molecule has 20 heavy (non-hydrogen) atoms. The maximum absolute atomic E-state index is 5.65. The predicted molar refractivity (Wildman–Crippen MR) is 84.5 cm³/mol. The van der Waals surface area contributed by atoms with Crippen LogP contribution in [-0.4, -0.2) is 13.3 Å². The molecule has 0 aliphatic heterocycles. The molecular weight excluding hydrogens is 246 g/mol. The van der Waals surface area contributed by atoms with Crippen molar-refractivity contribution in [2.75, 3.05) is 13.3 Å². The third-order valence-corrected chi connectivity index (χ3v) is 5.79. The van der Waals surface area contributed by atoms with Crippen molar-refractivity contribution in [2.24, 2.45) is 17.1 Å². The van der Waals surface area contributed by atoms with Crippen LogP contribution in [0.5, 0.6) is 0 Å².